The van der Waals surface area contributed by atoms with Crippen molar-refractivity contribution in [3.63, 3.8) is 0 Å². The molecular formula is C13H17N2+. The standard InChI is InChI=1S/C13H17N2/c1-11-4-5-13(14-10-11)12-6-8-15(2,3)9-7-12/h4-8,10H,9H2,1-3H3/q+1. The van der Waals surface area contributed by atoms with E-state index in [1.54, 1.807) is 0 Å². The van der Waals surface area contributed by atoms with Gasteiger partial charge in [-0.25, -0.2) is 0 Å². The van der Waals surface area contributed by atoms with Crippen LogP contribution >= 0.6 is 0 Å². The van der Waals surface area contributed by atoms with Gasteiger partial charge in [-0.15, -0.1) is 0 Å². The van der Waals surface area contributed by atoms with E-state index < -0.39 is 0 Å². The Labute approximate surface area is 91.2 Å². The van der Waals surface area contributed by atoms with Crippen LogP contribution in [0.2, 0.25) is 0 Å². The van der Waals surface area contributed by atoms with Crippen LogP contribution in [0.1, 0.15) is 11.3 Å². The fourth-order valence-electron chi connectivity index (χ4n) is 1.57. The third-order valence-electron chi connectivity index (χ3n) is 2.65. The van der Waals surface area contributed by atoms with Crippen molar-refractivity contribution in [2.45, 2.75) is 6.92 Å². The predicted octanol–water partition coefficient (Wildman–Crippen LogP) is 2.38. The predicted molar refractivity (Wildman–Crippen MR) is 63.1 cm³/mol. The molecule has 0 bridgehead atoms. The van der Waals surface area contributed by atoms with Crippen molar-refractivity contribution >= 4 is 5.57 Å². The lowest BCUT2D eigenvalue weighted by Gasteiger charge is -2.26. The molecule has 0 unspecified atom stereocenters. The zero-order valence-corrected chi connectivity index (χ0v) is 9.57. The normalized spacial score (nSPS) is 18.7. The molecule has 1 aromatic rings. The SMILES string of the molecule is Cc1ccc(C2=CC[N+](C)(C)C=C2)nc1. The van der Waals surface area contributed by atoms with Crippen LogP contribution in [0.3, 0.4) is 0 Å². The van der Waals surface area contributed by atoms with Crippen molar-refractivity contribution < 1.29 is 4.48 Å². The molecule has 0 aliphatic carbocycles. The summed E-state index contributed by atoms with van der Waals surface area (Å²) in [5, 5.41) is 0. The number of pyridine rings is 1. The van der Waals surface area contributed by atoms with Gasteiger partial charge in [0, 0.05) is 17.8 Å². The molecule has 0 fully saturated rings. The zero-order valence-electron chi connectivity index (χ0n) is 9.57. The zero-order chi connectivity index (χ0) is 10.9. The van der Waals surface area contributed by atoms with Gasteiger partial charge < -0.3 is 0 Å². The molecule has 0 saturated heterocycles. The van der Waals surface area contributed by atoms with E-state index >= 15 is 0 Å². The summed E-state index contributed by atoms with van der Waals surface area (Å²) >= 11 is 0. The van der Waals surface area contributed by atoms with Gasteiger partial charge in [-0.2, -0.15) is 0 Å². The molecule has 0 amide bonds. The maximum Gasteiger partial charge on any atom is 0.102 e. The van der Waals surface area contributed by atoms with E-state index in [-0.39, 0.29) is 0 Å². The second kappa shape index (κ2) is 3.63. The van der Waals surface area contributed by atoms with Gasteiger partial charge in [-0.05, 0) is 24.6 Å². The van der Waals surface area contributed by atoms with Gasteiger partial charge in [-0.1, -0.05) is 6.07 Å². The van der Waals surface area contributed by atoms with Crippen LogP contribution in [0.25, 0.3) is 5.57 Å². The van der Waals surface area contributed by atoms with Gasteiger partial charge in [0.05, 0.1) is 26.0 Å². The monoisotopic (exact) mass is 201 g/mol. The van der Waals surface area contributed by atoms with Crippen LogP contribution in [-0.2, 0) is 0 Å². The lowest BCUT2D eigenvalue weighted by atomic mass is 10.1. The third-order valence-corrected chi connectivity index (χ3v) is 2.65. The fourth-order valence-corrected chi connectivity index (χ4v) is 1.57. The molecule has 2 rings (SSSR count). The van der Waals surface area contributed by atoms with Gasteiger partial charge in [0.15, 0.2) is 0 Å². The first-order chi connectivity index (χ1) is 7.07. The Morgan fingerprint density at radius 2 is 2.07 bits per heavy atom. The number of aryl methyl sites for hydroxylation is 1. The van der Waals surface area contributed by atoms with Crippen molar-refractivity contribution in [2.24, 2.45) is 0 Å². The molecule has 1 aliphatic heterocycles. The first-order valence-corrected chi connectivity index (χ1v) is 5.22. The van der Waals surface area contributed by atoms with Crippen LogP contribution in [0.4, 0.5) is 0 Å². The highest BCUT2D eigenvalue weighted by Crippen LogP contribution is 2.19. The average molecular weight is 201 g/mol. The molecular weight excluding hydrogens is 184 g/mol. The summed E-state index contributed by atoms with van der Waals surface area (Å²) in [6.07, 6.45) is 8.52. The number of nitrogens with zero attached hydrogens (tertiary/aromatic N) is 2. The Kier molecular flexibility index (Phi) is 2.45. The number of hydrogen-bond acceptors (Lipinski definition) is 1. The quantitative estimate of drug-likeness (QED) is 0.636. The second-order valence-corrected chi connectivity index (χ2v) is 4.66. The van der Waals surface area contributed by atoms with Crippen LogP contribution in [0.5, 0.6) is 0 Å². The first-order valence-electron chi connectivity index (χ1n) is 5.22. The molecule has 0 radical (unpaired) electrons. The molecule has 0 atom stereocenters. The van der Waals surface area contributed by atoms with Gasteiger partial charge in [0.1, 0.15) is 6.54 Å². The number of allylic oxidation sites excluding steroid dienone is 2. The van der Waals surface area contributed by atoms with Crippen LogP contribution in [-0.4, -0.2) is 30.1 Å². The highest BCUT2D eigenvalue weighted by Gasteiger charge is 2.15. The van der Waals surface area contributed by atoms with Crippen molar-refractivity contribution in [2.75, 3.05) is 20.6 Å². The summed E-state index contributed by atoms with van der Waals surface area (Å²) in [5.41, 5.74) is 3.50. The maximum absolute atomic E-state index is 4.42. The van der Waals surface area contributed by atoms with E-state index in [1.165, 1.54) is 11.1 Å². The Balaban J connectivity index is 2.24. The molecule has 2 heterocycles. The lowest BCUT2D eigenvalue weighted by molar-refractivity contribution is -0.833. The first kappa shape index (κ1) is 10.1. The average Bonchev–Trinajstić information content (AvgIpc) is 2.20. The smallest absolute Gasteiger partial charge is 0.102 e. The largest absolute Gasteiger partial charge is 0.299 e. The van der Waals surface area contributed by atoms with E-state index in [2.05, 4.69) is 56.5 Å². The van der Waals surface area contributed by atoms with Gasteiger partial charge in [0.25, 0.3) is 0 Å². The fraction of sp³-hybridized carbons (Fsp3) is 0.308. The molecule has 15 heavy (non-hydrogen) atoms. The van der Waals surface area contributed by atoms with Gasteiger partial charge in [-0.3, -0.25) is 9.47 Å². The molecule has 0 spiro atoms. The minimum atomic E-state index is 0.912. The highest BCUT2D eigenvalue weighted by molar-refractivity contribution is 5.71. The Morgan fingerprint density at radius 3 is 2.60 bits per heavy atom. The molecule has 0 aromatic carbocycles. The topological polar surface area (TPSA) is 12.9 Å². The van der Waals surface area contributed by atoms with Crippen molar-refractivity contribution in [1.82, 2.24) is 4.98 Å². The van der Waals surface area contributed by atoms with Gasteiger partial charge >= 0.3 is 0 Å². The summed E-state index contributed by atoms with van der Waals surface area (Å²) < 4.78 is 0.912. The van der Waals surface area contributed by atoms with Crippen molar-refractivity contribution in [3.8, 4) is 0 Å². The molecule has 2 nitrogen and oxygen atoms in total. The number of aromatic nitrogens is 1. The molecule has 78 valence electrons. The van der Waals surface area contributed by atoms with E-state index in [0.29, 0.717) is 0 Å². The lowest BCUT2D eigenvalue weighted by Crippen LogP contribution is -2.34. The van der Waals surface area contributed by atoms with E-state index in [9.17, 15) is 0 Å². The minimum absolute atomic E-state index is 0.912. The molecule has 1 aliphatic rings. The second-order valence-electron chi connectivity index (χ2n) is 4.66. The van der Waals surface area contributed by atoms with Crippen LogP contribution < -0.4 is 0 Å². The third kappa shape index (κ3) is 2.34. The Morgan fingerprint density at radius 1 is 1.27 bits per heavy atom. The maximum atomic E-state index is 4.42. The van der Waals surface area contributed by atoms with Crippen LogP contribution in [0, 0.1) is 6.92 Å². The summed E-state index contributed by atoms with van der Waals surface area (Å²) in [4.78, 5) is 4.42. The summed E-state index contributed by atoms with van der Waals surface area (Å²) in [7, 11) is 4.37. The number of likely N-dealkylation sites (N-methyl/N-ethyl adjacent to an activating group) is 1. The Bertz CT molecular complexity index is 411. The number of rotatable bonds is 1. The molecule has 0 saturated carbocycles. The highest BCUT2D eigenvalue weighted by atomic mass is 15.3. The van der Waals surface area contributed by atoms with E-state index in [0.717, 1.165) is 16.7 Å². The Hall–Kier alpha value is -1.41. The minimum Gasteiger partial charge on any atom is -0.299 e. The van der Waals surface area contributed by atoms with Gasteiger partial charge in [0.2, 0.25) is 0 Å². The van der Waals surface area contributed by atoms with Crippen molar-refractivity contribution in [3.05, 3.63) is 47.9 Å². The van der Waals surface area contributed by atoms with Crippen molar-refractivity contribution in [1.29, 1.82) is 0 Å². The summed E-state index contributed by atoms with van der Waals surface area (Å²) in [5.74, 6) is 0. The number of hydrogen-bond donors (Lipinski definition) is 0. The van der Waals surface area contributed by atoms with Crippen LogP contribution in [0.15, 0.2) is 36.7 Å². The molecule has 1 aromatic heterocycles. The molecule has 2 heteroatoms. The summed E-state index contributed by atoms with van der Waals surface area (Å²) in [6, 6.07) is 4.18. The van der Waals surface area contributed by atoms with E-state index in [1.807, 2.05) is 6.20 Å². The number of quaternary nitrogens is 1. The van der Waals surface area contributed by atoms with E-state index in [4.69, 9.17) is 0 Å². The summed E-state index contributed by atoms with van der Waals surface area (Å²) in [6.45, 7) is 3.09. The molecule has 0 N–H and O–H groups in total.